The van der Waals surface area contributed by atoms with E-state index < -0.39 is 75.4 Å². The highest BCUT2D eigenvalue weighted by molar-refractivity contribution is 7.90. The van der Waals surface area contributed by atoms with Gasteiger partial charge in [0.15, 0.2) is 0 Å². The topological polar surface area (TPSA) is 181 Å². The minimum absolute atomic E-state index is 0.0204. The maximum atomic E-state index is 14.5. The first-order valence-electron chi connectivity index (χ1n) is 18.7. The van der Waals surface area contributed by atoms with E-state index in [1.165, 1.54) is 15.9 Å². The predicted molar refractivity (Wildman–Crippen MR) is 203 cm³/mol. The zero-order chi connectivity index (χ0) is 39.8. The van der Waals surface area contributed by atoms with Gasteiger partial charge in [-0.15, -0.1) is 11.3 Å². The van der Waals surface area contributed by atoms with Gasteiger partial charge in [0, 0.05) is 24.4 Å². The van der Waals surface area contributed by atoms with Crippen LogP contribution in [0.15, 0.2) is 41.3 Å². The van der Waals surface area contributed by atoms with E-state index in [0.29, 0.717) is 30.4 Å². The molecule has 3 aliphatic heterocycles. The van der Waals surface area contributed by atoms with Crippen LogP contribution in [0.2, 0.25) is 8.67 Å². The van der Waals surface area contributed by atoms with Crippen molar-refractivity contribution in [2.45, 2.75) is 118 Å². The smallest absolute Gasteiger partial charge is 0.410 e. The maximum Gasteiger partial charge on any atom is 0.410 e. The average molecular weight is 855 g/mol. The Hall–Kier alpha value is -3.93. The number of hydrogen-bond donors (Lipinski definition) is 3. The van der Waals surface area contributed by atoms with Crippen LogP contribution in [0.1, 0.15) is 81.8 Å². The third-order valence-electron chi connectivity index (χ3n) is 11.1. The maximum absolute atomic E-state index is 14.5. The van der Waals surface area contributed by atoms with Crippen molar-refractivity contribution < 1.29 is 46.3 Å². The van der Waals surface area contributed by atoms with Crippen LogP contribution in [0.4, 0.5) is 14.0 Å². The van der Waals surface area contributed by atoms with Gasteiger partial charge in [0.25, 0.3) is 15.9 Å². The Bertz CT molecular complexity index is 2040. The van der Waals surface area contributed by atoms with Gasteiger partial charge < -0.3 is 25.0 Å². The highest BCUT2D eigenvalue weighted by atomic mass is 35.5. The van der Waals surface area contributed by atoms with Crippen molar-refractivity contribution in [1.29, 1.82) is 0 Å². The summed E-state index contributed by atoms with van der Waals surface area (Å²) in [5.41, 5.74) is -0.693. The number of carbonyl (C=O) groups excluding carboxylic acids is 5. The Morgan fingerprint density at radius 3 is 2.50 bits per heavy atom. The minimum atomic E-state index is -4.50. The van der Waals surface area contributed by atoms with E-state index in [4.69, 9.17) is 32.7 Å². The summed E-state index contributed by atoms with van der Waals surface area (Å²) in [6, 6.07) is 3.33. The van der Waals surface area contributed by atoms with Crippen molar-refractivity contribution in [3.63, 3.8) is 0 Å². The van der Waals surface area contributed by atoms with Crippen LogP contribution < -0.4 is 15.4 Å². The summed E-state index contributed by atoms with van der Waals surface area (Å²) in [6.07, 6.45) is 6.93. The van der Waals surface area contributed by atoms with E-state index >= 15 is 0 Å². The lowest BCUT2D eigenvalue weighted by Crippen LogP contribution is -2.58. The summed E-state index contributed by atoms with van der Waals surface area (Å²) in [5, 5.41) is 5.47. The molecule has 5 aliphatic rings. The number of carbonyl (C=O) groups is 5. The Labute approximate surface area is 337 Å². The molecular weight excluding hydrogens is 812 g/mol. The fourth-order valence-corrected chi connectivity index (χ4v) is 11.2. The van der Waals surface area contributed by atoms with E-state index in [-0.39, 0.29) is 58.6 Å². The van der Waals surface area contributed by atoms with E-state index in [1.807, 2.05) is 6.08 Å². The molecular formula is C37H42Cl2FN5O9S2. The lowest BCUT2D eigenvalue weighted by molar-refractivity contribution is -0.141. The van der Waals surface area contributed by atoms with Crippen LogP contribution in [0.25, 0.3) is 0 Å². The predicted octanol–water partition coefficient (Wildman–Crippen LogP) is 5.55. The molecule has 0 radical (unpaired) electrons. The first-order valence-corrected chi connectivity index (χ1v) is 21.8. The number of ether oxygens (including phenoxy) is 2. The van der Waals surface area contributed by atoms with Gasteiger partial charge in [0.2, 0.25) is 11.8 Å². The van der Waals surface area contributed by atoms with Crippen molar-refractivity contribution in [2.75, 3.05) is 6.54 Å². The summed E-state index contributed by atoms with van der Waals surface area (Å²) in [6.45, 7) is -0.131. The molecule has 5 amide bonds. The normalized spacial score (nSPS) is 27.6. The number of sulfonamides is 1. The summed E-state index contributed by atoms with van der Waals surface area (Å²) < 4.78 is 54.5. The van der Waals surface area contributed by atoms with Gasteiger partial charge >= 0.3 is 12.2 Å². The van der Waals surface area contributed by atoms with Crippen LogP contribution >= 0.6 is 34.5 Å². The van der Waals surface area contributed by atoms with Gasteiger partial charge in [0.05, 0.1) is 17.4 Å². The molecule has 14 nitrogen and oxygen atoms in total. The number of alkyl carbamates (subject to hydrolysis) is 1. The molecule has 4 heterocycles. The van der Waals surface area contributed by atoms with Crippen LogP contribution in [-0.4, -0.2) is 84.5 Å². The van der Waals surface area contributed by atoms with Crippen LogP contribution in [-0.2, 0) is 47.0 Å². The highest BCUT2D eigenvalue weighted by Gasteiger charge is 2.62. The molecule has 302 valence electrons. The third kappa shape index (κ3) is 8.65. The zero-order valence-corrected chi connectivity index (χ0v) is 33.4. The molecule has 0 bridgehead atoms. The van der Waals surface area contributed by atoms with Gasteiger partial charge in [-0.1, -0.05) is 60.3 Å². The van der Waals surface area contributed by atoms with Crippen molar-refractivity contribution in [2.24, 2.45) is 5.92 Å². The first-order chi connectivity index (χ1) is 26.7. The zero-order valence-electron chi connectivity index (χ0n) is 30.3. The van der Waals surface area contributed by atoms with E-state index in [1.54, 1.807) is 18.2 Å². The molecule has 56 heavy (non-hydrogen) atoms. The van der Waals surface area contributed by atoms with Crippen molar-refractivity contribution in [3.05, 3.63) is 62.0 Å². The summed E-state index contributed by atoms with van der Waals surface area (Å²) >= 11 is 12.9. The van der Waals surface area contributed by atoms with Crippen LogP contribution in [0.5, 0.6) is 0 Å². The lowest BCUT2D eigenvalue weighted by Gasteiger charge is -2.30. The summed E-state index contributed by atoms with van der Waals surface area (Å²) in [7, 11) is -4.50. The number of allylic oxidation sites excluding steroid dienone is 1. The number of rotatable bonds is 6. The second kappa shape index (κ2) is 16.5. The van der Waals surface area contributed by atoms with Crippen molar-refractivity contribution in [3.8, 4) is 0 Å². The number of fused-ring (bicyclic) bond motifs is 3. The number of hydrogen-bond acceptors (Lipinski definition) is 10. The molecule has 2 saturated carbocycles. The standard InChI is InChI=1S/C37H42Cl2FN5O9S2/c38-30-16-29(31(39)55-30)56(51,52)43-34(48)37-17-22(37)10-4-2-1-3-5-14-27(41-35(49)53-23-11-6-7-12-23)33(47)45-19-24(15-28(45)32(46)42-37)54-36(50)44-18-21-9-8-13-26(40)25(21)20-44/h4,8-10,13,16,22-24,27-28H,1-3,5-7,11-12,14-15,17-20H2,(H,41,49)(H,42,46)(H,43,48)/b10-4-/t22-,24+,27-,28-,37+/m0/s1. The van der Waals surface area contributed by atoms with Crippen molar-refractivity contribution in [1.82, 2.24) is 25.2 Å². The SMILES string of the molecule is O=C(N[C@H]1CCCCC/C=C\[C@H]2C[C@@]2(C(=O)NS(=O)(=O)c2cc(Cl)sc2Cl)NC(=O)[C@@H]2C[C@@H](OC(=O)N3Cc4cccc(F)c4C3)CN2C1=O)OC1CCCC1. The second-order valence-corrected chi connectivity index (χ2v) is 18.9. The van der Waals surface area contributed by atoms with Gasteiger partial charge in [-0.05, 0) is 69.1 Å². The molecule has 7 rings (SSSR count). The molecule has 1 aromatic heterocycles. The molecule has 2 aliphatic carbocycles. The quantitative estimate of drug-likeness (QED) is 0.314. The molecule has 0 spiro atoms. The average Bonchev–Trinajstić information content (AvgIpc) is 3.70. The van der Waals surface area contributed by atoms with Gasteiger partial charge in [-0.2, -0.15) is 0 Å². The number of amides is 5. The van der Waals surface area contributed by atoms with E-state index in [9.17, 15) is 36.8 Å². The number of benzene rings is 1. The second-order valence-electron chi connectivity index (χ2n) is 15.0. The largest absolute Gasteiger partial charge is 0.446 e. The Kier molecular flexibility index (Phi) is 11.9. The molecule has 1 aromatic carbocycles. The van der Waals surface area contributed by atoms with Gasteiger partial charge in [-0.3, -0.25) is 19.3 Å². The van der Waals surface area contributed by atoms with E-state index in [2.05, 4.69) is 15.4 Å². The fourth-order valence-electron chi connectivity index (χ4n) is 8.00. The van der Waals surface area contributed by atoms with Crippen LogP contribution in [0.3, 0.4) is 0 Å². The third-order valence-corrected chi connectivity index (χ3v) is 14.2. The molecule has 3 fully saturated rings. The number of thiophene rings is 1. The minimum Gasteiger partial charge on any atom is -0.446 e. The number of halogens is 3. The molecule has 1 saturated heterocycles. The van der Waals surface area contributed by atoms with E-state index in [0.717, 1.165) is 49.5 Å². The highest BCUT2D eigenvalue weighted by Crippen LogP contribution is 2.46. The molecule has 5 atom stereocenters. The summed E-state index contributed by atoms with van der Waals surface area (Å²) in [4.78, 5) is 71.3. The number of nitrogens with one attached hydrogen (secondary N) is 3. The Balaban J connectivity index is 1.14. The Morgan fingerprint density at radius 1 is 1.00 bits per heavy atom. The van der Waals surface area contributed by atoms with Gasteiger partial charge in [-0.25, -0.2) is 27.1 Å². The number of nitrogens with zero attached hydrogens (tertiary/aromatic N) is 2. The lowest BCUT2D eigenvalue weighted by atomic mass is 10.0. The first kappa shape index (κ1) is 40.3. The van der Waals surface area contributed by atoms with Crippen molar-refractivity contribution >= 4 is 74.5 Å². The molecule has 0 unspecified atom stereocenters. The molecule has 3 N–H and O–H groups in total. The monoisotopic (exact) mass is 853 g/mol. The van der Waals surface area contributed by atoms with Crippen LogP contribution in [0, 0.1) is 11.7 Å². The summed E-state index contributed by atoms with van der Waals surface area (Å²) in [5.74, 6) is -3.41. The molecule has 19 heteroatoms. The van der Waals surface area contributed by atoms with Gasteiger partial charge in [0.1, 0.15) is 44.9 Å². The molecule has 2 aromatic rings. The Morgan fingerprint density at radius 2 is 1.77 bits per heavy atom. The fraction of sp³-hybridized carbons (Fsp3) is 0.541.